The summed E-state index contributed by atoms with van der Waals surface area (Å²) in [5.41, 5.74) is 0.168. The molecule has 21 heavy (non-hydrogen) atoms. The number of benzene rings is 1. The Kier molecular flexibility index (Phi) is 5.14. The van der Waals surface area contributed by atoms with Crippen molar-refractivity contribution in [2.45, 2.75) is 19.5 Å². The van der Waals surface area contributed by atoms with E-state index in [4.69, 9.17) is 4.42 Å². The quantitative estimate of drug-likeness (QED) is 0.891. The van der Waals surface area contributed by atoms with Gasteiger partial charge >= 0.3 is 0 Å². The zero-order valence-corrected chi connectivity index (χ0v) is 13.4. The van der Waals surface area contributed by atoms with Crippen molar-refractivity contribution in [3.05, 3.63) is 52.6 Å². The summed E-state index contributed by atoms with van der Waals surface area (Å²) in [6.07, 6.45) is 1.59. The zero-order chi connectivity index (χ0) is 15.4. The molecular weight excluding hydrogens is 339 g/mol. The van der Waals surface area contributed by atoms with Crippen molar-refractivity contribution in [1.82, 2.24) is 4.90 Å². The number of hydrogen-bond acceptors (Lipinski definition) is 3. The van der Waals surface area contributed by atoms with Gasteiger partial charge in [-0.1, -0.05) is 15.9 Å². The van der Waals surface area contributed by atoms with Crippen LogP contribution in [0.15, 0.2) is 45.5 Å². The van der Waals surface area contributed by atoms with Gasteiger partial charge in [0.1, 0.15) is 11.6 Å². The van der Waals surface area contributed by atoms with Crippen molar-refractivity contribution in [2.75, 3.05) is 12.4 Å². The third kappa shape index (κ3) is 4.15. The van der Waals surface area contributed by atoms with Crippen molar-refractivity contribution in [1.29, 1.82) is 0 Å². The van der Waals surface area contributed by atoms with E-state index in [0.717, 1.165) is 5.76 Å². The van der Waals surface area contributed by atoms with Crippen molar-refractivity contribution in [3.63, 3.8) is 0 Å². The number of nitrogens with one attached hydrogen (secondary N) is 1. The van der Waals surface area contributed by atoms with E-state index in [0.29, 0.717) is 11.0 Å². The molecule has 0 fully saturated rings. The second kappa shape index (κ2) is 6.87. The topological polar surface area (TPSA) is 45.5 Å². The minimum absolute atomic E-state index is 0.168. The van der Waals surface area contributed by atoms with Crippen LogP contribution in [0, 0.1) is 5.82 Å². The summed E-state index contributed by atoms with van der Waals surface area (Å²) in [7, 11) is 1.81. The van der Waals surface area contributed by atoms with E-state index in [1.807, 2.05) is 18.0 Å². The Hall–Kier alpha value is -1.66. The molecule has 6 heteroatoms. The lowest BCUT2D eigenvalue weighted by atomic mass is 10.2. The van der Waals surface area contributed by atoms with Gasteiger partial charge in [0.05, 0.1) is 24.5 Å². The van der Waals surface area contributed by atoms with Gasteiger partial charge in [-0.2, -0.15) is 0 Å². The van der Waals surface area contributed by atoms with Crippen LogP contribution in [0.5, 0.6) is 0 Å². The number of carbonyl (C=O) groups is 1. The molecule has 0 saturated heterocycles. The predicted molar refractivity (Wildman–Crippen MR) is 82.4 cm³/mol. The van der Waals surface area contributed by atoms with Crippen LogP contribution < -0.4 is 5.32 Å². The van der Waals surface area contributed by atoms with Crippen LogP contribution in [0.3, 0.4) is 0 Å². The van der Waals surface area contributed by atoms with Crippen LogP contribution in [0.1, 0.15) is 12.7 Å². The Labute approximate surface area is 131 Å². The van der Waals surface area contributed by atoms with Crippen LogP contribution in [0.25, 0.3) is 0 Å². The number of amides is 1. The van der Waals surface area contributed by atoms with E-state index in [2.05, 4.69) is 21.2 Å². The second-order valence-corrected chi connectivity index (χ2v) is 5.70. The molecule has 2 aromatic rings. The Bertz CT molecular complexity index is 616. The highest BCUT2D eigenvalue weighted by Crippen LogP contribution is 2.20. The summed E-state index contributed by atoms with van der Waals surface area (Å²) < 4.78 is 19.6. The number of likely N-dealkylation sites (N-methyl/N-ethyl adjacent to an activating group) is 1. The summed E-state index contributed by atoms with van der Waals surface area (Å²) in [6.45, 7) is 2.26. The Balaban J connectivity index is 1.98. The first-order chi connectivity index (χ1) is 9.97. The SMILES string of the molecule is CC(C(=O)Nc1ccc(Br)cc1F)N(C)Cc1ccco1. The summed E-state index contributed by atoms with van der Waals surface area (Å²) in [5, 5.41) is 2.59. The standard InChI is InChI=1S/C15H16BrFN2O2/c1-10(19(2)9-12-4-3-7-21-12)15(20)18-14-6-5-11(16)8-13(14)17/h3-8,10H,9H2,1-2H3,(H,18,20). The molecule has 0 saturated carbocycles. The predicted octanol–water partition coefficient (Wildman–Crippen LogP) is 3.64. The van der Waals surface area contributed by atoms with Gasteiger partial charge in [0.2, 0.25) is 5.91 Å². The maximum absolute atomic E-state index is 13.7. The monoisotopic (exact) mass is 354 g/mol. The van der Waals surface area contributed by atoms with Crippen molar-refractivity contribution in [2.24, 2.45) is 0 Å². The number of furan rings is 1. The molecule has 1 N–H and O–H groups in total. The minimum atomic E-state index is -0.474. The molecule has 0 aliphatic heterocycles. The van der Waals surface area contributed by atoms with Gasteiger partial charge in [-0.05, 0) is 44.3 Å². The highest BCUT2D eigenvalue weighted by molar-refractivity contribution is 9.10. The fourth-order valence-corrected chi connectivity index (χ4v) is 2.15. The van der Waals surface area contributed by atoms with Crippen molar-refractivity contribution >= 4 is 27.5 Å². The molecule has 1 heterocycles. The molecule has 1 atom stereocenters. The van der Waals surface area contributed by atoms with Crippen LogP contribution in [-0.4, -0.2) is 23.9 Å². The van der Waals surface area contributed by atoms with Crippen molar-refractivity contribution < 1.29 is 13.6 Å². The van der Waals surface area contributed by atoms with Gasteiger partial charge in [-0.25, -0.2) is 4.39 Å². The van der Waals surface area contributed by atoms with Gasteiger partial charge < -0.3 is 9.73 Å². The van der Waals surface area contributed by atoms with Gasteiger partial charge in [0.25, 0.3) is 0 Å². The molecule has 112 valence electrons. The highest BCUT2D eigenvalue weighted by atomic mass is 79.9. The third-order valence-electron chi connectivity index (χ3n) is 3.21. The second-order valence-electron chi connectivity index (χ2n) is 4.78. The van der Waals surface area contributed by atoms with E-state index in [1.165, 1.54) is 12.1 Å². The molecule has 0 aliphatic carbocycles. The van der Waals surface area contributed by atoms with E-state index >= 15 is 0 Å². The fourth-order valence-electron chi connectivity index (χ4n) is 1.81. The molecule has 1 aromatic heterocycles. The largest absolute Gasteiger partial charge is 0.468 e. The Morgan fingerprint density at radius 1 is 1.48 bits per heavy atom. The molecule has 1 unspecified atom stereocenters. The Morgan fingerprint density at radius 3 is 2.86 bits per heavy atom. The number of carbonyl (C=O) groups excluding carboxylic acids is 1. The summed E-state index contributed by atoms with van der Waals surface area (Å²) in [6, 6.07) is 7.73. The molecular formula is C15H16BrFN2O2. The van der Waals surface area contributed by atoms with E-state index in [9.17, 15) is 9.18 Å². The Morgan fingerprint density at radius 2 is 2.24 bits per heavy atom. The maximum Gasteiger partial charge on any atom is 0.241 e. The van der Waals surface area contributed by atoms with E-state index in [1.54, 1.807) is 25.3 Å². The lowest BCUT2D eigenvalue weighted by Crippen LogP contribution is -2.39. The highest BCUT2D eigenvalue weighted by Gasteiger charge is 2.20. The summed E-state index contributed by atoms with van der Waals surface area (Å²) in [5.74, 6) is 0.0239. The molecule has 1 aromatic carbocycles. The number of halogens is 2. The van der Waals surface area contributed by atoms with Gasteiger partial charge in [0.15, 0.2) is 0 Å². The molecule has 0 radical (unpaired) electrons. The smallest absolute Gasteiger partial charge is 0.241 e. The first kappa shape index (κ1) is 15.7. The van der Waals surface area contributed by atoms with Crippen LogP contribution in [0.2, 0.25) is 0 Å². The number of rotatable bonds is 5. The molecule has 1 amide bonds. The van der Waals surface area contributed by atoms with Crippen LogP contribution in [-0.2, 0) is 11.3 Å². The first-order valence-electron chi connectivity index (χ1n) is 6.46. The molecule has 0 aliphatic rings. The molecule has 0 bridgehead atoms. The van der Waals surface area contributed by atoms with Crippen LogP contribution >= 0.6 is 15.9 Å². The summed E-state index contributed by atoms with van der Waals surface area (Å²) >= 11 is 3.18. The minimum Gasteiger partial charge on any atom is -0.468 e. The zero-order valence-electron chi connectivity index (χ0n) is 11.8. The number of nitrogens with zero attached hydrogens (tertiary/aromatic N) is 1. The molecule has 4 nitrogen and oxygen atoms in total. The van der Waals surface area contributed by atoms with Gasteiger partial charge in [-0.3, -0.25) is 9.69 Å². The van der Waals surface area contributed by atoms with Gasteiger partial charge in [0, 0.05) is 4.47 Å². The van der Waals surface area contributed by atoms with E-state index < -0.39 is 11.9 Å². The fraction of sp³-hybridized carbons (Fsp3) is 0.267. The van der Waals surface area contributed by atoms with Crippen LogP contribution in [0.4, 0.5) is 10.1 Å². The summed E-state index contributed by atoms with van der Waals surface area (Å²) in [4.78, 5) is 14.0. The normalized spacial score (nSPS) is 12.4. The molecule has 0 spiro atoms. The molecule has 2 rings (SSSR count). The first-order valence-corrected chi connectivity index (χ1v) is 7.25. The lowest BCUT2D eigenvalue weighted by molar-refractivity contribution is -0.120. The number of hydrogen-bond donors (Lipinski definition) is 1. The maximum atomic E-state index is 13.7. The third-order valence-corrected chi connectivity index (χ3v) is 3.71. The average molecular weight is 355 g/mol. The van der Waals surface area contributed by atoms with Crippen molar-refractivity contribution in [3.8, 4) is 0 Å². The van der Waals surface area contributed by atoms with Gasteiger partial charge in [-0.15, -0.1) is 0 Å². The van der Waals surface area contributed by atoms with E-state index in [-0.39, 0.29) is 11.6 Å². The number of anilines is 1. The lowest BCUT2D eigenvalue weighted by Gasteiger charge is -2.23. The average Bonchev–Trinajstić information content (AvgIpc) is 2.93.